The van der Waals surface area contributed by atoms with Crippen LogP contribution in [0.25, 0.3) is 0 Å². The number of aromatic nitrogens is 1. The van der Waals surface area contributed by atoms with Gasteiger partial charge in [0, 0.05) is 17.8 Å². The first kappa shape index (κ1) is 18.0. The van der Waals surface area contributed by atoms with E-state index < -0.39 is 11.5 Å². The lowest BCUT2D eigenvalue weighted by Gasteiger charge is -2.36. The number of H-pyrrole nitrogens is 1. The molecule has 1 amide bonds. The van der Waals surface area contributed by atoms with Gasteiger partial charge in [0.05, 0.1) is 6.04 Å². The Morgan fingerprint density at radius 1 is 1.15 bits per heavy atom. The van der Waals surface area contributed by atoms with E-state index in [2.05, 4.69) is 4.98 Å². The number of nitrogens with zero attached hydrogens (tertiary/aromatic N) is 1. The van der Waals surface area contributed by atoms with Crippen molar-refractivity contribution in [2.75, 3.05) is 6.54 Å². The Morgan fingerprint density at radius 3 is 2.50 bits per heavy atom. The van der Waals surface area contributed by atoms with Crippen LogP contribution in [0.1, 0.15) is 64.2 Å². The molecule has 0 bridgehead atoms. The third-order valence-electron chi connectivity index (χ3n) is 4.87. The second-order valence-corrected chi connectivity index (χ2v) is 6.67. The molecule has 1 atom stereocenters. The number of amides is 1. The number of benzene rings is 1. The van der Waals surface area contributed by atoms with Crippen LogP contribution in [0.3, 0.4) is 0 Å². The number of carbonyl (C=O) groups is 2. The zero-order valence-corrected chi connectivity index (χ0v) is 14.8. The van der Waals surface area contributed by atoms with Crippen molar-refractivity contribution in [1.29, 1.82) is 0 Å². The van der Waals surface area contributed by atoms with Crippen molar-refractivity contribution in [3.8, 4) is 0 Å². The van der Waals surface area contributed by atoms with Crippen LogP contribution in [0.4, 0.5) is 4.39 Å². The zero-order valence-electron chi connectivity index (χ0n) is 14.8. The third kappa shape index (κ3) is 3.45. The molecule has 26 heavy (non-hydrogen) atoms. The topological polar surface area (TPSA) is 70.2 Å². The minimum atomic E-state index is -0.499. The van der Waals surface area contributed by atoms with Gasteiger partial charge in [0.15, 0.2) is 5.78 Å². The van der Waals surface area contributed by atoms with Crippen molar-refractivity contribution in [3.63, 3.8) is 0 Å². The number of carbonyl (C=O) groups excluding carboxylic acids is 2. The molecular weight excluding hydrogens is 335 g/mol. The number of likely N-dealkylation sites (tertiary alicyclic amines) is 1. The van der Waals surface area contributed by atoms with E-state index in [0.717, 1.165) is 24.8 Å². The summed E-state index contributed by atoms with van der Waals surface area (Å²) >= 11 is 0. The average molecular weight is 356 g/mol. The zero-order chi connectivity index (χ0) is 18.8. The molecule has 1 saturated heterocycles. The van der Waals surface area contributed by atoms with Gasteiger partial charge in [0.25, 0.3) is 11.5 Å². The van der Waals surface area contributed by atoms with Crippen LogP contribution in [0.5, 0.6) is 0 Å². The highest BCUT2D eigenvalue weighted by molar-refractivity contribution is 6.00. The van der Waals surface area contributed by atoms with E-state index in [0.29, 0.717) is 17.8 Å². The molecule has 0 radical (unpaired) electrons. The Balaban J connectivity index is 1.99. The highest BCUT2D eigenvalue weighted by atomic mass is 19.1. The Bertz CT molecular complexity index is 902. The standard InChI is InChI=1S/C20H21FN2O3/c1-12-16(13(2)24)11-17(19(25)22-12)20(26)23-10-4-3-5-18(23)14-6-8-15(21)9-7-14/h6-9,11,18H,3-5,10H2,1-2H3,(H,22,25)/t18-/m1/s1. The highest BCUT2D eigenvalue weighted by Gasteiger charge is 2.30. The smallest absolute Gasteiger partial charge is 0.261 e. The van der Waals surface area contributed by atoms with Crippen molar-refractivity contribution in [1.82, 2.24) is 9.88 Å². The van der Waals surface area contributed by atoms with Crippen LogP contribution in [0, 0.1) is 12.7 Å². The van der Waals surface area contributed by atoms with Gasteiger partial charge in [-0.05, 0) is 56.9 Å². The second kappa shape index (κ2) is 7.23. The summed E-state index contributed by atoms with van der Waals surface area (Å²) in [5.74, 6) is -0.937. The number of Topliss-reactive ketones (excluding diaryl/α,β-unsaturated/α-hetero) is 1. The van der Waals surface area contributed by atoms with E-state index in [1.807, 2.05) is 0 Å². The normalized spacial score (nSPS) is 17.2. The molecule has 6 heteroatoms. The lowest BCUT2D eigenvalue weighted by Crippen LogP contribution is -2.41. The van der Waals surface area contributed by atoms with Crippen molar-refractivity contribution in [2.45, 2.75) is 39.2 Å². The molecule has 1 aromatic carbocycles. The first-order valence-electron chi connectivity index (χ1n) is 8.70. The maximum absolute atomic E-state index is 13.2. The van der Waals surface area contributed by atoms with Crippen LogP contribution in [0.15, 0.2) is 35.1 Å². The fourth-order valence-electron chi connectivity index (χ4n) is 3.51. The van der Waals surface area contributed by atoms with Gasteiger partial charge >= 0.3 is 0 Å². The predicted molar refractivity (Wildman–Crippen MR) is 95.8 cm³/mol. The van der Waals surface area contributed by atoms with Crippen molar-refractivity contribution >= 4 is 11.7 Å². The van der Waals surface area contributed by atoms with Crippen molar-refractivity contribution in [3.05, 3.63) is 68.9 Å². The predicted octanol–water partition coefficient (Wildman–Crippen LogP) is 3.39. The Morgan fingerprint density at radius 2 is 1.85 bits per heavy atom. The van der Waals surface area contributed by atoms with Gasteiger partial charge < -0.3 is 9.88 Å². The molecule has 1 aliphatic rings. The molecule has 0 saturated carbocycles. The summed E-state index contributed by atoms with van der Waals surface area (Å²) in [5.41, 5.74) is 1.10. The number of hydrogen-bond donors (Lipinski definition) is 1. The van der Waals surface area contributed by atoms with Crippen LogP contribution in [-0.4, -0.2) is 28.1 Å². The molecule has 1 N–H and O–H groups in total. The molecule has 1 aliphatic heterocycles. The van der Waals surface area contributed by atoms with Crippen LogP contribution < -0.4 is 5.56 Å². The van der Waals surface area contributed by atoms with Gasteiger partial charge in [-0.15, -0.1) is 0 Å². The molecule has 5 nitrogen and oxygen atoms in total. The Hall–Kier alpha value is -2.76. The summed E-state index contributed by atoms with van der Waals surface area (Å²) in [7, 11) is 0. The molecule has 0 spiro atoms. The summed E-state index contributed by atoms with van der Waals surface area (Å²) in [6.45, 7) is 3.55. The lowest BCUT2D eigenvalue weighted by atomic mass is 9.94. The quantitative estimate of drug-likeness (QED) is 0.857. The summed E-state index contributed by atoms with van der Waals surface area (Å²) < 4.78 is 13.2. The molecule has 0 aliphatic carbocycles. The molecule has 2 heterocycles. The number of aromatic amines is 1. The summed E-state index contributed by atoms with van der Waals surface area (Å²) in [5, 5.41) is 0. The maximum atomic E-state index is 13.2. The maximum Gasteiger partial charge on any atom is 0.261 e. The Labute approximate surface area is 150 Å². The summed E-state index contributed by atoms with van der Waals surface area (Å²) in [6, 6.07) is 7.27. The number of nitrogens with one attached hydrogen (secondary N) is 1. The molecule has 3 rings (SSSR count). The monoisotopic (exact) mass is 356 g/mol. The minimum absolute atomic E-state index is 0.0326. The number of pyridine rings is 1. The van der Waals surface area contributed by atoms with Crippen LogP contribution >= 0.6 is 0 Å². The number of hydrogen-bond acceptors (Lipinski definition) is 3. The van der Waals surface area contributed by atoms with E-state index in [-0.39, 0.29) is 23.2 Å². The van der Waals surface area contributed by atoms with Crippen LogP contribution in [0.2, 0.25) is 0 Å². The lowest BCUT2D eigenvalue weighted by molar-refractivity contribution is 0.0609. The van der Waals surface area contributed by atoms with Gasteiger partial charge in [0.2, 0.25) is 0 Å². The molecular formula is C20H21FN2O3. The number of halogens is 1. The van der Waals surface area contributed by atoms with Crippen molar-refractivity contribution < 1.29 is 14.0 Å². The fraction of sp³-hybridized carbons (Fsp3) is 0.350. The number of aryl methyl sites for hydroxylation is 1. The SMILES string of the molecule is CC(=O)c1cc(C(=O)N2CCCC[C@@H]2c2ccc(F)cc2)c(=O)[nH]c1C. The molecule has 0 unspecified atom stereocenters. The Kier molecular flexibility index (Phi) is 5.02. The van der Waals surface area contributed by atoms with Crippen LogP contribution in [-0.2, 0) is 0 Å². The molecule has 2 aromatic rings. The molecule has 1 fully saturated rings. The second-order valence-electron chi connectivity index (χ2n) is 6.67. The number of rotatable bonds is 3. The van der Waals surface area contributed by atoms with E-state index in [4.69, 9.17) is 0 Å². The first-order chi connectivity index (χ1) is 12.4. The van der Waals surface area contributed by atoms with Crippen molar-refractivity contribution in [2.24, 2.45) is 0 Å². The fourth-order valence-corrected chi connectivity index (χ4v) is 3.51. The van der Waals surface area contributed by atoms with Gasteiger partial charge in [-0.1, -0.05) is 12.1 Å². The van der Waals surface area contributed by atoms with Gasteiger partial charge in [0.1, 0.15) is 11.4 Å². The van der Waals surface area contributed by atoms with Gasteiger partial charge in [-0.2, -0.15) is 0 Å². The van der Waals surface area contributed by atoms with E-state index in [1.165, 1.54) is 25.1 Å². The van der Waals surface area contributed by atoms with E-state index in [9.17, 15) is 18.8 Å². The summed E-state index contributed by atoms with van der Waals surface area (Å²) in [6.07, 6.45) is 2.54. The molecule has 136 valence electrons. The number of piperidine rings is 1. The number of ketones is 1. The van der Waals surface area contributed by atoms with E-state index >= 15 is 0 Å². The highest BCUT2D eigenvalue weighted by Crippen LogP contribution is 2.32. The average Bonchev–Trinajstić information content (AvgIpc) is 2.61. The first-order valence-corrected chi connectivity index (χ1v) is 8.70. The minimum Gasteiger partial charge on any atom is -0.331 e. The summed E-state index contributed by atoms with van der Waals surface area (Å²) in [4.78, 5) is 41.4. The van der Waals surface area contributed by atoms with Gasteiger partial charge in [-0.25, -0.2) is 4.39 Å². The largest absolute Gasteiger partial charge is 0.331 e. The van der Waals surface area contributed by atoms with Gasteiger partial charge in [-0.3, -0.25) is 14.4 Å². The van der Waals surface area contributed by atoms with E-state index in [1.54, 1.807) is 24.0 Å². The molecule has 1 aromatic heterocycles. The third-order valence-corrected chi connectivity index (χ3v) is 4.87.